The fourth-order valence-electron chi connectivity index (χ4n) is 4.82. The lowest BCUT2D eigenvalue weighted by atomic mass is 9.73. The van der Waals surface area contributed by atoms with E-state index >= 15 is 0 Å². The van der Waals surface area contributed by atoms with Gasteiger partial charge < -0.3 is 10.0 Å². The second-order valence-electron chi connectivity index (χ2n) is 10.7. The predicted octanol–water partition coefficient (Wildman–Crippen LogP) is 6.76. The van der Waals surface area contributed by atoms with Crippen molar-refractivity contribution in [3.8, 4) is 0 Å². The van der Waals surface area contributed by atoms with Crippen molar-refractivity contribution >= 4 is 17.2 Å². The maximum atomic E-state index is 12.7. The van der Waals surface area contributed by atoms with Crippen LogP contribution in [0.3, 0.4) is 0 Å². The lowest BCUT2D eigenvalue weighted by molar-refractivity contribution is 0.0182. The fourth-order valence-corrected chi connectivity index (χ4v) is 6.36. The third-order valence-corrected chi connectivity index (χ3v) is 8.49. The summed E-state index contributed by atoms with van der Waals surface area (Å²) >= 11 is 1.65. The van der Waals surface area contributed by atoms with Crippen LogP contribution in [0.2, 0.25) is 0 Å². The van der Waals surface area contributed by atoms with Gasteiger partial charge in [-0.3, -0.25) is 4.79 Å². The molecule has 1 aromatic carbocycles. The molecule has 0 aliphatic heterocycles. The zero-order chi connectivity index (χ0) is 24.4. The first kappa shape index (κ1) is 26.6. The number of aliphatic hydroxyl groups is 1. The van der Waals surface area contributed by atoms with E-state index in [1.165, 1.54) is 21.6 Å². The van der Waals surface area contributed by atoms with Gasteiger partial charge in [0.1, 0.15) is 0 Å². The van der Waals surface area contributed by atoms with Crippen LogP contribution >= 0.6 is 11.3 Å². The summed E-state index contributed by atoms with van der Waals surface area (Å²) in [4.78, 5) is 16.4. The van der Waals surface area contributed by atoms with Crippen LogP contribution in [-0.2, 0) is 11.8 Å². The molecule has 4 heteroatoms. The largest absolute Gasteiger partial charge is 0.392 e. The lowest BCUT2D eigenvalue weighted by Crippen LogP contribution is -2.33. The summed E-state index contributed by atoms with van der Waals surface area (Å²) in [6, 6.07) is 9.08. The molecule has 2 aromatic rings. The van der Waals surface area contributed by atoms with Crippen molar-refractivity contribution in [2.24, 2.45) is 11.3 Å². The van der Waals surface area contributed by atoms with Crippen molar-refractivity contribution in [1.82, 2.24) is 4.90 Å². The van der Waals surface area contributed by atoms with Gasteiger partial charge >= 0.3 is 0 Å². The minimum atomic E-state index is -0.339. The number of nitrogens with zero attached hydrogens (tertiary/aromatic N) is 1. The first-order valence-electron chi connectivity index (χ1n) is 11.9. The molecule has 0 aliphatic rings. The van der Waals surface area contributed by atoms with Crippen molar-refractivity contribution in [3.05, 3.63) is 56.3 Å². The average Bonchev–Trinajstić information content (AvgIpc) is 3.11. The molecule has 2 atom stereocenters. The molecule has 0 bridgehead atoms. The normalized spacial score (nSPS) is 14.3. The number of thiophene rings is 1. The van der Waals surface area contributed by atoms with E-state index in [2.05, 4.69) is 72.7 Å². The third-order valence-electron chi connectivity index (χ3n) is 7.06. The van der Waals surface area contributed by atoms with Crippen molar-refractivity contribution in [1.29, 1.82) is 0 Å². The Hall–Kier alpha value is -1.65. The summed E-state index contributed by atoms with van der Waals surface area (Å²) in [5, 5.41) is 10.7. The maximum Gasteiger partial charge on any atom is 0.263 e. The SMILES string of the molecule is CCC(CC)(c1ccc(CC(C)C(O)C(C)(C)C)c(C)c1)c1cc(C)c(C(=O)N(C)C)s1. The maximum absolute atomic E-state index is 12.7. The summed E-state index contributed by atoms with van der Waals surface area (Å²) in [5.41, 5.74) is 4.74. The van der Waals surface area contributed by atoms with Gasteiger partial charge in [-0.1, -0.05) is 59.7 Å². The number of aryl methyl sites for hydroxylation is 2. The zero-order valence-electron chi connectivity index (χ0n) is 21.8. The molecule has 1 N–H and O–H groups in total. The first-order chi connectivity index (χ1) is 14.8. The minimum Gasteiger partial charge on any atom is -0.392 e. The van der Waals surface area contributed by atoms with Crippen LogP contribution in [0.5, 0.6) is 0 Å². The summed E-state index contributed by atoms with van der Waals surface area (Å²) in [7, 11) is 3.63. The van der Waals surface area contributed by atoms with E-state index in [4.69, 9.17) is 0 Å². The van der Waals surface area contributed by atoms with Gasteiger partial charge in [-0.25, -0.2) is 0 Å². The molecule has 0 radical (unpaired) electrons. The third kappa shape index (κ3) is 5.28. The summed E-state index contributed by atoms with van der Waals surface area (Å²) in [5.74, 6) is 0.277. The van der Waals surface area contributed by atoms with Gasteiger partial charge in [0.05, 0.1) is 11.0 Å². The van der Waals surface area contributed by atoms with Crippen LogP contribution in [0.4, 0.5) is 0 Å². The zero-order valence-corrected chi connectivity index (χ0v) is 22.6. The number of amides is 1. The number of carbonyl (C=O) groups is 1. The quantitative estimate of drug-likeness (QED) is 0.476. The number of benzene rings is 1. The van der Waals surface area contributed by atoms with Gasteiger partial charge in [0.2, 0.25) is 0 Å². The van der Waals surface area contributed by atoms with E-state index in [-0.39, 0.29) is 28.8 Å². The molecule has 178 valence electrons. The highest BCUT2D eigenvalue weighted by molar-refractivity contribution is 7.14. The molecule has 0 saturated carbocycles. The van der Waals surface area contributed by atoms with Gasteiger partial charge in [-0.15, -0.1) is 11.3 Å². The second-order valence-corrected chi connectivity index (χ2v) is 11.8. The summed E-state index contributed by atoms with van der Waals surface area (Å²) in [6.45, 7) is 17.2. The smallest absolute Gasteiger partial charge is 0.263 e. The lowest BCUT2D eigenvalue weighted by Gasteiger charge is -2.33. The van der Waals surface area contributed by atoms with Gasteiger partial charge in [0, 0.05) is 24.4 Å². The van der Waals surface area contributed by atoms with Gasteiger partial charge in [-0.05, 0) is 72.8 Å². The average molecular weight is 458 g/mol. The van der Waals surface area contributed by atoms with Crippen LogP contribution in [0, 0.1) is 25.2 Å². The molecule has 0 spiro atoms. The van der Waals surface area contributed by atoms with Crippen molar-refractivity contribution in [2.45, 2.75) is 86.2 Å². The molecule has 32 heavy (non-hydrogen) atoms. The van der Waals surface area contributed by atoms with Crippen LogP contribution < -0.4 is 0 Å². The van der Waals surface area contributed by atoms with E-state index < -0.39 is 0 Å². The topological polar surface area (TPSA) is 40.5 Å². The molecule has 2 unspecified atom stereocenters. The number of aliphatic hydroxyl groups excluding tert-OH is 1. The molecule has 1 amide bonds. The van der Waals surface area contributed by atoms with Gasteiger partial charge in [-0.2, -0.15) is 0 Å². The van der Waals surface area contributed by atoms with E-state index in [1.807, 2.05) is 21.0 Å². The van der Waals surface area contributed by atoms with E-state index in [0.29, 0.717) is 0 Å². The Balaban J connectivity index is 2.44. The van der Waals surface area contributed by atoms with Crippen molar-refractivity contribution in [3.63, 3.8) is 0 Å². The van der Waals surface area contributed by atoms with Crippen LogP contribution in [0.25, 0.3) is 0 Å². The van der Waals surface area contributed by atoms with E-state index in [9.17, 15) is 9.90 Å². The van der Waals surface area contributed by atoms with Crippen LogP contribution in [0.1, 0.15) is 91.2 Å². The fraction of sp³-hybridized carbons (Fsp3) is 0.607. The molecule has 0 saturated heterocycles. The van der Waals surface area contributed by atoms with Crippen LogP contribution in [0.15, 0.2) is 24.3 Å². The van der Waals surface area contributed by atoms with Crippen LogP contribution in [-0.4, -0.2) is 36.1 Å². The van der Waals surface area contributed by atoms with E-state index in [1.54, 1.807) is 16.2 Å². The highest BCUT2D eigenvalue weighted by Crippen LogP contribution is 2.44. The highest BCUT2D eigenvalue weighted by Gasteiger charge is 2.34. The minimum absolute atomic E-state index is 0.0813. The molecular formula is C28H43NO2S. The van der Waals surface area contributed by atoms with Crippen molar-refractivity contribution < 1.29 is 9.90 Å². The van der Waals surface area contributed by atoms with Gasteiger partial charge in [0.25, 0.3) is 5.91 Å². The predicted molar refractivity (Wildman–Crippen MR) is 138 cm³/mol. The molecule has 1 heterocycles. The Morgan fingerprint density at radius 3 is 2.12 bits per heavy atom. The Labute approximate surface area is 199 Å². The number of hydrogen-bond donors (Lipinski definition) is 1. The monoisotopic (exact) mass is 457 g/mol. The molecule has 3 nitrogen and oxygen atoms in total. The molecule has 0 aliphatic carbocycles. The summed E-state index contributed by atoms with van der Waals surface area (Å²) < 4.78 is 0. The Bertz CT molecular complexity index is 931. The molecule has 0 fully saturated rings. The Kier molecular flexibility index (Phi) is 8.39. The number of carbonyl (C=O) groups excluding carboxylic acids is 1. The van der Waals surface area contributed by atoms with E-state index in [0.717, 1.165) is 29.7 Å². The highest BCUT2D eigenvalue weighted by atomic mass is 32.1. The summed E-state index contributed by atoms with van der Waals surface area (Å²) in [6.07, 6.45) is 2.50. The number of rotatable bonds is 8. The Morgan fingerprint density at radius 2 is 1.66 bits per heavy atom. The standard InChI is InChI=1S/C28H43NO2S/c1-11-28(12-2,23-17-19(4)24(32-23)26(31)29(9)10)22-14-13-21(18(3)16-22)15-20(5)25(30)27(6,7)8/h13-14,16-17,20,25,30H,11-12,15H2,1-10H3. The van der Waals surface area contributed by atoms with Gasteiger partial charge in [0.15, 0.2) is 0 Å². The first-order valence-corrected chi connectivity index (χ1v) is 12.7. The molecule has 1 aromatic heterocycles. The van der Waals surface area contributed by atoms with Crippen molar-refractivity contribution in [2.75, 3.05) is 14.1 Å². The number of hydrogen-bond acceptors (Lipinski definition) is 3. The second kappa shape index (κ2) is 10.1. The molecular weight excluding hydrogens is 414 g/mol. The Morgan fingerprint density at radius 1 is 1.06 bits per heavy atom. The molecule has 2 rings (SSSR count).